The molecule has 3 atom stereocenters. The van der Waals surface area contributed by atoms with Crippen molar-refractivity contribution in [1.29, 1.82) is 0 Å². The van der Waals surface area contributed by atoms with Crippen molar-refractivity contribution in [2.75, 3.05) is 19.7 Å². The lowest BCUT2D eigenvalue weighted by Gasteiger charge is -2.18. The van der Waals surface area contributed by atoms with E-state index in [1.54, 1.807) is 13.0 Å². The van der Waals surface area contributed by atoms with Gasteiger partial charge in [0.05, 0.1) is 29.8 Å². The van der Waals surface area contributed by atoms with E-state index < -0.39 is 35.9 Å². The first-order chi connectivity index (χ1) is 17.2. The number of β-amino-alcohol motifs (C(OH)–C–C–N with tert-alkyl or cyclic N) is 1. The molecule has 1 aromatic carbocycles. The van der Waals surface area contributed by atoms with Crippen LogP contribution in [0.2, 0.25) is 0 Å². The van der Waals surface area contributed by atoms with Gasteiger partial charge in [0.2, 0.25) is 0 Å². The Balaban J connectivity index is 1.44. The zero-order valence-electron chi connectivity index (χ0n) is 20.0. The van der Waals surface area contributed by atoms with E-state index in [4.69, 9.17) is 4.74 Å². The Hall–Kier alpha value is -3.57. The summed E-state index contributed by atoms with van der Waals surface area (Å²) in [6.45, 7) is 3.68. The first-order valence-electron chi connectivity index (χ1n) is 11.9. The first-order valence-corrected chi connectivity index (χ1v) is 11.9. The number of halogens is 1. The van der Waals surface area contributed by atoms with Gasteiger partial charge in [0.1, 0.15) is 35.2 Å². The van der Waals surface area contributed by atoms with E-state index in [-0.39, 0.29) is 18.7 Å². The van der Waals surface area contributed by atoms with Crippen LogP contribution in [0, 0.1) is 18.7 Å². The van der Waals surface area contributed by atoms with Crippen molar-refractivity contribution in [3.63, 3.8) is 0 Å². The largest absolute Gasteiger partial charge is 0.492 e. The molecular weight excluding hydrogens is 469 g/mol. The van der Waals surface area contributed by atoms with Crippen LogP contribution in [0.15, 0.2) is 24.5 Å². The van der Waals surface area contributed by atoms with E-state index >= 15 is 0 Å². The van der Waals surface area contributed by atoms with Crippen molar-refractivity contribution in [2.45, 2.75) is 44.9 Å². The Kier molecular flexibility index (Phi) is 6.35. The topological polar surface area (TPSA) is 141 Å². The number of likely N-dealkylation sites (tertiary alicyclic amines) is 1. The highest BCUT2D eigenvalue weighted by atomic mass is 19.1. The second kappa shape index (κ2) is 9.47. The quantitative estimate of drug-likeness (QED) is 0.388. The van der Waals surface area contributed by atoms with Crippen LogP contribution < -0.4 is 10.1 Å². The second-order valence-corrected chi connectivity index (χ2v) is 9.53. The van der Waals surface area contributed by atoms with Gasteiger partial charge in [-0.25, -0.2) is 14.4 Å². The number of aliphatic hydroxyl groups excluding tert-OH is 2. The zero-order chi connectivity index (χ0) is 25.6. The van der Waals surface area contributed by atoms with Crippen LogP contribution in [0.25, 0.3) is 22.3 Å². The molecule has 2 amide bonds. The smallest absolute Gasteiger partial charge is 0.255 e. The number of carbonyl (C=O) groups excluding carboxylic acids is 2. The van der Waals surface area contributed by atoms with Crippen molar-refractivity contribution in [1.82, 2.24) is 25.2 Å². The maximum atomic E-state index is 14.0. The number of hydrogen-bond donors (Lipinski definition) is 4. The molecule has 1 aliphatic carbocycles. The van der Waals surface area contributed by atoms with Crippen molar-refractivity contribution >= 4 is 22.8 Å². The molecule has 190 valence electrons. The number of ether oxygens (including phenoxy) is 1. The maximum absolute atomic E-state index is 14.0. The molecule has 3 heterocycles. The predicted molar refractivity (Wildman–Crippen MR) is 128 cm³/mol. The average Bonchev–Trinajstić information content (AvgIpc) is 3.51. The van der Waals surface area contributed by atoms with Gasteiger partial charge < -0.3 is 30.2 Å². The third kappa shape index (κ3) is 4.63. The van der Waals surface area contributed by atoms with Gasteiger partial charge in [-0.05, 0) is 44.7 Å². The number of benzene rings is 1. The lowest BCUT2D eigenvalue weighted by Crippen LogP contribution is -2.43. The minimum atomic E-state index is -1.19. The first kappa shape index (κ1) is 24.1. The molecule has 0 bridgehead atoms. The van der Waals surface area contributed by atoms with Crippen LogP contribution in [-0.2, 0) is 4.79 Å². The Bertz CT molecular complexity index is 1320. The molecule has 11 heteroatoms. The van der Waals surface area contributed by atoms with Gasteiger partial charge >= 0.3 is 0 Å². The SMILES string of the molecule is Cc1[nH]c2c(-c3ccc(F)cc3OCC3CC3)ncnc2c1C(=O)NC1CN(C(=O)C(C)O)CC1O. The molecule has 5 rings (SSSR count). The van der Waals surface area contributed by atoms with Crippen LogP contribution in [0.3, 0.4) is 0 Å². The van der Waals surface area contributed by atoms with Gasteiger partial charge in [0, 0.05) is 30.4 Å². The number of aryl methyl sites for hydroxylation is 1. The number of aromatic nitrogens is 3. The van der Waals surface area contributed by atoms with Crippen LogP contribution >= 0.6 is 0 Å². The Morgan fingerprint density at radius 2 is 2.08 bits per heavy atom. The molecule has 0 spiro atoms. The highest BCUT2D eigenvalue weighted by Crippen LogP contribution is 2.36. The van der Waals surface area contributed by atoms with Crippen molar-refractivity contribution < 1.29 is 28.9 Å². The van der Waals surface area contributed by atoms with Crippen LogP contribution in [-0.4, -0.2) is 79.8 Å². The molecule has 2 aliphatic rings. The van der Waals surface area contributed by atoms with Gasteiger partial charge in [-0.1, -0.05) is 0 Å². The molecule has 36 heavy (non-hydrogen) atoms. The average molecular weight is 498 g/mol. The third-order valence-electron chi connectivity index (χ3n) is 6.64. The normalized spacial score (nSPS) is 20.5. The summed E-state index contributed by atoms with van der Waals surface area (Å²) in [5, 5.41) is 22.7. The van der Waals surface area contributed by atoms with Gasteiger partial charge in [0.25, 0.3) is 11.8 Å². The van der Waals surface area contributed by atoms with Gasteiger partial charge in [-0.15, -0.1) is 0 Å². The number of fused-ring (bicyclic) bond motifs is 1. The molecule has 10 nitrogen and oxygen atoms in total. The molecule has 3 aromatic rings. The summed E-state index contributed by atoms with van der Waals surface area (Å²) in [5.74, 6) is -0.547. The number of aromatic amines is 1. The molecule has 2 aromatic heterocycles. The van der Waals surface area contributed by atoms with Crippen molar-refractivity contribution in [3.05, 3.63) is 41.6 Å². The van der Waals surface area contributed by atoms with E-state index in [1.165, 1.54) is 30.3 Å². The molecule has 4 N–H and O–H groups in total. The summed E-state index contributed by atoms with van der Waals surface area (Å²) in [5.41, 5.74) is 2.75. The third-order valence-corrected chi connectivity index (χ3v) is 6.64. The van der Waals surface area contributed by atoms with Gasteiger partial charge in [-0.2, -0.15) is 0 Å². The Morgan fingerprint density at radius 3 is 2.81 bits per heavy atom. The van der Waals surface area contributed by atoms with Crippen LogP contribution in [0.5, 0.6) is 5.75 Å². The van der Waals surface area contributed by atoms with Crippen LogP contribution in [0.4, 0.5) is 4.39 Å². The molecule has 2 fully saturated rings. The summed E-state index contributed by atoms with van der Waals surface area (Å²) in [7, 11) is 0. The van der Waals surface area contributed by atoms with Crippen LogP contribution in [0.1, 0.15) is 35.8 Å². The summed E-state index contributed by atoms with van der Waals surface area (Å²) < 4.78 is 19.9. The summed E-state index contributed by atoms with van der Waals surface area (Å²) in [6.07, 6.45) is 1.36. The van der Waals surface area contributed by atoms with Crippen molar-refractivity contribution in [2.24, 2.45) is 5.92 Å². The highest BCUT2D eigenvalue weighted by molar-refractivity contribution is 6.09. The number of hydrogen-bond acceptors (Lipinski definition) is 7. The van der Waals surface area contributed by atoms with E-state index in [0.29, 0.717) is 46.3 Å². The predicted octanol–water partition coefficient (Wildman–Crippen LogP) is 1.54. The lowest BCUT2D eigenvalue weighted by molar-refractivity contribution is -0.138. The Labute approximate surface area is 206 Å². The molecule has 3 unspecified atom stereocenters. The van der Waals surface area contributed by atoms with Gasteiger partial charge in [-0.3, -0.25) is 9.59 Å². The van der Waals surface area contributed by atoms with E-state index in [1.807, 2.05) is 0 Å². The van der Waals surface area contributed by atoms with E-state index in [9.17, 15) is 24.2 Å². The summed E-state index contributed by atoms with van der Waals surface area (Å²) in [6, 6.07) is 3.55. The number of amides is 2. The number of aliphatic hydroxyl groups is 2. The summed E-state index contributed by atoms with van der Waals surface area (Å²) >= 11 is 0. The fourth-order valence-electron chi connectivity index (χ4n) is 4.52. The van der Waals surface area contributed by atoms with E-state index in [0.717, 1.165) is 12.8 Å². The second-order valence-electron chi connectivity index (χ2n) is 9.53. The Morgan fingerprint density at radius 1 is 1.31 bits per heavy atom. The summed E-state index contributed by atoms with van der Waals surface area (Å²) in [4.78, 5) is 38.6. The highest BCUT2D eigenvalue weighted by Gasteiger charge is 2.37. The number of rotatable bonds is 7. The molecule has 1 aliphatic heterocycles. The van der Waals surface area contributed by atoms with Gasteiger partial charge in [0.15, 0.2) is 0 Å². The van der Waals surface area contributed by atoms with E-state index in [2.05, 4.69) is 20.3 Å². The minimum Gasteiger partial charge on any atom is -0.492 e. The lowest BCUT2D eigenvalue weighted by atomic mass is 10.1. The number of carbonyl (C=O) groups is 2. The fourth-order valence-corrected chi connectivity index (χ4v) is 4.52. The maximum Gasteiger partial charge on any atom is 0.255 e. The minimum absolute atomic E-state index is 0.0159. The number of nitrogens with zero attached hydrogens (tertiary/aromatic N) is 3. The number of nitrogens with one attached hydrogen (secondary N) is 2. The zero-order valence-corrected chi connectivity index (χ0v) is 20.0. The molecule has 1 saturated heterocycles. The molecule has 0 radical (unpaired) electrons. The monoisotopic (exact) mass is 497 g/mol. The molecular formula is C25H28FN5O5. The number of H-pyrrole nitrogens is 1. The molecule has 1 saturated carbocycles. The standard InChI is InChI=1S/C25H28FN5O5/c1-12-20(24(34)30-17-8-31(9-18(17)33)25(35)13(2)32)22-23(29-12)21(27-11-28-22)16-6-5-15(26)7-19(16)36-10-14-3-4-14/h5-7,11,13-14,17-18,29,32-33H,3-4,8-10H2,1-2H3,(H,30,34). The van der Waals surface area contributed by atoms with Crippen molar-refractivity contribution in [3.8, 4) is 17.0 Å². The fraction of sp³-hybridized carbons (Fsp3) is 0.440.